The first-order valence-corrected chi connectivity index (χ1v) is 8.94. The van der Waals surface area contributed by atoms with Crippen molar-refractivity contribution in [3.63, 3.8) is 0 Å². The maximum Gasteiger partial charge on any atom is 0.153 e. The van der Waals surface area contributed by atoms with E-state index in [0.717, 1.165) is 11.3 Å². The van der Waals surface area contributed by atoms with Gasteiger partial charge in [-0.1, -0.05) is 48.0 Å². The third kappa shape index (κ3) is 3.27. The van der Waals surface area contributed by atoms with E-state index in [1.807, 2.05) is 61.5 Å². The molecule has 1 aliphatic heterocycles. The van der Waals surface area contributed by atoms with Gasteiger partial charge < -0.3 is 5.32 Å². The van der Waals surface area contributed by atoms with E-state index in [2.05, 4.69) is 5.32 Å². The number of anilines is 1. The van der Waals surface area contributed by atoms with Crippen molar-refractivity contribution in [3.8, 4) is 0 Å². The third-order valence-electron chi connectivity index (χ3n) is 3.98. The molecule has 0 aromatic heterocycles. The Balaban J connectivity index is 1.86. The maximum atomic E-state index is 12.0. The van der Waals surface area contributed by atoms with Gasteiger partial charge in [0.15, 0.2) is 9.84 Å². The molecule has 0 spiro atoms. The summed E-state index contributed by atoms with van der Waals surface area (Å²) in [5.74, 6) is 0.429. The molecule has 2 atom stereocenters. The fraction of sp³-hybridized carbons (Fsp3) is 0.294. The predicted molar refractivity (Wildman–Crippen MR) is 86.4 cm³/mol. The van der Waals surface area contributed by atoms with Crippen LogP contribution in [0.15, 0.2) is 54.6 Å². The summed E-state index contributed by atoms with van der Waals surface area (Å²) in [7, 11) is -2.98. The zero-order valence-electron chi connectivity index (χ0n) is 12.0. The molecule has 0 aliphatic carbocycles. The van der Waals surface area contributed by atoms with Crippen LogP contribution in [0.4, 0.5) is 5.69 Å². The molecule has 0 radical (unpaired) electrons. The molecule has 21 heavy (non-hydrogen) atoms. The molecule has 1 fully saturated rings. The predicted octanol–water partition coefficient (Wildman–Crippen LogP) is 2.99. The molecule has 3 rings (SSSR count). The van der Waals surface area contributed by atoms with Gasteiger partial charge in [-0.2, -0.15) is 0 Å². The molecular weight excluding hydrogens is 282 g/mol. The summed E-state index contributed by atoms with van der Waals surface area (Å²) in [6, 6.07) is 17.9. The lowest BCUT2D eigenvalue weighted by atomic mass is 9.94. The molecule has 3 nitrogen and oxygen atoms in total. The molecule has 0 saturated carbocycles. The van der Waals surface area contributed by atoms with E-state index in [1.54, 1.807) is 0 Å². The van der Waals surface area contributed by atoms with Gasteiger partial charge in [0.2, 0.25) is 0 Å². The molecule has 110 valence electrons. The smallest absolute Gasteiger partial charge is 0.153 e. The van der Waals surface area contributed by atoms with E-state index in [4.69, 9.17) is 0 Å². The second-order valence-corrected chi connectivity index (χ2v) is 7.86. The maximum absolute atomic E-state index is 12.0. The summed E-state index contributed by atoms with van der Waals surface area (Å²) < 4.78 is 24.1. The number of nitrogens with one attached hydrogen (secondary N) is 1. The van der Waals surface area contributed by atoms with Gasteiger partial charge in [-0.05, 0) is 24.6 Å². The Morgan fingerprint density at radius 3 is 2.29 bits per heavy atom. The first kappa shape index (κ1) is 14.1. The first-order valence-electron chi connectivity index (χ1n) is 7.12. The monoisotopic (exact) mass is 301 g/mol. The van der Waals surface area contributed by atoms with Crippen molar-refractivity contribution >= 4 is 15.5 Å². The minimum absolute atomic E-state index is 0.0116. The van der Waals surface area contributed by atoms with Crippen LogP contribution in [0.2, 0.25) is 0 Å². The molecule has 0 amide bonds. The Morgan fingerprint density at radius 1 is 0.952 bits per heavy atom. The van der Waals surface area contributed by atoms with E-state index in [0.29, 0.717) is 0 Å². The molecule has 2 unspecified atom stereocenters. The van der Waals surface area contributed by atoms with Crippen LogP contribution in [0.5, 0.6) is 0 Å². The molecule has 0 bridgehead atoms. The zero-order chi connectivity index (χ0) is 14.9. The molecule has 4 heteroatoms. The summed E-state index contributed by atoms with van der Waals surface area (Å²) >= 11 is 0. The lowest BCUT2D eigenvalue weighted by Gasteiger charge is -2.21. The van der Waals surface area contributed by atoms with E-state index >= 15 is 0 Å². The third-order valence-corrected chi connectivity index (χ3v) is 5.72. The van der Waals surface area contributed by atoms with E-state index in [1.165, 1.54) is 5.56 Å². The van der Waals surface area contributed by atoms with Crippen molar-refractivity contribution < 1.29 is 8.42 Å². The average molecular weight is 301 g/mol. The van der Waals surface area contributed by atoms with Crippen LogP contribution < -0.4 is 5.32 Å². The molecule has 1 heterocycles. The largest absolute Gasteiger partial charge is 0.381 e. The zero-order valence-corrected chi connectivity index (χ0v) is 12.8. The van der Waals surface area contributed by atoms with Crippen LogP contribution in [0.25, 0.3) is 0 Å². The normalized spacial score (nSPS) is 23.9. The summed E-state index contributed by atoms with van der Waals surface area (Å²) in [5.41, 5.74) is 3.26. The van der Waals surface area contributed by atoms with E-state index in [9.17, 15) is 8.42 Å². The number of aryl methyl sites for hydroxylation is 1. The number of hydrogen-bond donors (Lipinski definition) is 1. The lowest BCUT2D eigenvalue weighted by Crippen LogP contribution is -2.26. The van der Waals surface area contributed by atoms with Crippen LogP contribution in [-0.4, -0.2) is 26.0 Å². The van der Waals surface area contributed by atoms with Crippen LogP contribution >= 0.6 is 0 Å². The van der Waals surface area contributed by atoms with Gasteiger partial charge in [0.25, 0.3) is 0 Å². The van der Waals surface area contributed by atoms with E-state index < -0.39 is 9.84 Å². The highest BCUT2D eigenvalue weighted by Crippen LogP contribution is 2.31. The molecule has 1 aliphatic rings. The highest BCUT2D eigenvalue weighted by Gasteiger charge is 2.38. The van der Waals surface area contributed by atoms with Gasteiger partial charge in [-0.3, -0.25) is 0 Å². The van der Waals surface area contributed by atoms with Crippen molar-refractivity contribution in [2.24, 2.45) is 0 Å². The van der Waals surface area contributed by atoms with Crippen molar-refractivity contribution in [3.05, 3.63) is 65.7 Å². The summed E-state index contributed by atoms with van der Waals surface area (Å²) in [6.07, 6.45) is 0. The topological polar surface area (TPSA) is 46.2 Å². The van der Waals surface area contributed by atoms with Crippen molar-refractivity contribution in [1.29, 1.82) is 0 Å². The second-order valence-electron chi connectivity index (χ2n) is 5.71. The number of sulfone groups is 1. The van der Waals surface area contributed by atoms with Gasteiger partial charge in [0, 0.05) is 17.6 Å². The van der Waals surface area contributed by atoms with Gasteiger partial charge in [0.05, 0.1) is 11.5 Å². The van der Waals surface area contributed by atoms with Crippen LogP contribution in [0.1, 0.15) is 17.0 Å². The Bertz CT molecular complexity index is 708. The molecule has 1 N–H and O–H groups in total. The Hall–Kier alpha value is -1.81. The number of rotatable bonds is 3. The van der Waals surface area contributed by atoms with E-state index in [-0.39, 0.29) is 23.5 Å². The SMILES string of the molecule is Cc1ccc(NC2CS(=O)(=O)CC2c2ccccc2)cc1. The fourth-order valence-electron chi connectivity index (χ4n) is 2.88. The van der Waals surface area contributed by atoms with Crippen molar-refractivity contribution in [1.82, 2.24) is 0 Å². The van der Waals surface area contributed by atoms with Gasteiger partial charge in [0.1, 0.15) is 0 Å². The number of benzene rings is 2. The highest BCUT2D eigenvalue weighted by molar-refractivity contribution is 7.91. The lowest BCUT2D eigenvalue weighted by molar-refractivity contribution is 0.601. The van der Waals surface area contributed by atoms with Crippen molar-refractivity contribution in [2.45, 2.75) is 18.9 Å². The van der Waals surface area contributed by atoms with Gasteiger partial charge in [-0.25, -0.2) is 8.42 Å². The van der Waals surface area contributed by atoms with Crippen LogP contribution in [0.3, 0.4) is 0 Å². The second kappa shape index (κ2) is 5.53. The summed E-state index contributed by atoms with van der Waals surface area (Å²) in [6.45, 7) is 2.04. The van der Waals surface area contributed by atoms with Crippen molar-refractivity contribution in [2.75, 3.05) is 16.8 Å². The standard InChI is InChI=1S/C17H19NO2S/c1-13-7-9-15(10-8-13)18-17-12-21(19,20)11-16(17)14-5-3-2-4-6-14/h2-10,16-18H,11-12H2,1H3. The first-order chi connectivity index (χ1) is 10.0. The summed E-state index contributed by atoms with van der Waals surface area (Å²) in [4.78, 5) is 0. The Kier molecular flexibility index (Phi) is 3.72. The van der Waals surface area contributed by atoms with Crippen LogP contribution in [-0.2, 0) is 9.84 Å². The van der Waals surface area contributed by atoms with Crippen LogP contribution in [0, 0.1) is 6.92 Å². The molecule has 2 aromatic rings. The van der Waals surface area contributed by atoms with Gasteiger partial charge in [-0.15, -0.1) is 0 Å². The molecule has 2 aromatic carbocycles. The Morgan fingerprint density at radius 2 is 1.62 bits per heavy atom. The Labute approximate surface area is 125 Å². The minimum atomic E-state index is -2.98. The average Bonchev–Trinajstić information content (AvgIpc) is 2.77. The molecular formula is C17H19NO2S. The summed E-state index contributed by atoms with van der Waals surface area (Å²) in [5, 5.41) is 3.39. The quantitative estimate of drug-likeness (QED) is 0.948. The highest BCUT2D eigenvalue weighted by atomic mass is 32.2. The number of hydrogen-bond acceptors (Lipinski definition) is 3. The van der Waals surface area contributed by atoms with Gasteiger partial charge >= 0.3 is 0 Å². The minimum Gasteiger partial charge on any atom is -0.381 e. The molecule has 1 saturated heterocycles. The fourth-order valence-corrected chi connectivity index (χ4v) is 4.85.